The Labute approximate surface area is 132 Å². The van der Waals surface area contributed by atoms with Crippen LogP contribution in [0.5, 0.6) is 11.5 Å². The summed E-state index contributed by atoms with van der Waals surface area (Å²) < 4.78 is 0. The molecule has 1 fully saturated rings. The maximum Gasteiger partial charge on any atom is 0.230 e. The van der Waals surface area contributed by atoms with Crippen molar-refractivity contribution in [1.29, 1.82) is 0 Å². The maximum absolute atomic E-state index is 13.0. The topological polar surface area (TPSA) is 60.8 Å². The number of phenolic OH excluding ortho intramolecular Hbond substituents is 2. The molecule has 1 aromatic carbocycles. The molecule has 0 bridgehead atoms. The molecule has 0 aromatic heterocycles. The van der Waals surface area contributed by atoms with E-state index in [9.17, 15) is 15.0 Å². The summed E-state index contributed by atoms with van der Waals surface area (Å²) in [6, 6.07) is 4.92. The second-order valence-electron chi connectivity index (χ2n) is 6.67. The summed E-state index contributed by atoms with van der Waals surface area (Å²) in [5.74, 6) is -0.119. The van der Waals surface area contributed by atoms with Crippen molar-refractivity contribution < 1.29 is 15.0 Å². The molecule has 0 radical (unpaired) electrons. The van der Waals surface area contributed by atoms with E-state index in [1.165, 1.54) is 12.5 Å². The molecule has 1 saturated carbocycles. The Hall–Kier alpha value is -1.71. The summed E-state index contributed by atoms with van der Waals surface area (Å²) in [7, 11) is 1.84. The van der Waals surface area contributed by atoms with Gasteiger partial charge in [0.1, 0.15) is 0 Å². The quantitative estimate of drug-likeness (QED) is 0.835. The van der Waals surface area contributed by atoms with Crippen molar-refractivity contribution in [3.05, 3.63) is 23.8 Å². The van der Waals surface area contributed by atoms with Gasteiger partial charge in [0.2, 0.25) is 5.91 Å². The largest absolute Gasteiger partial charge is 0.504 e. The first-order valence-corrected chi connectivity index (χ1v) is 8.20. The van der Waals surface area contributed by atoms with Crippen LogP contribution in [-0.4, -0.2) is 34.1 Å². The lowest BCUT2D eigenvalue weighted by Gasteiger charge is -2.34. The number of amides is 1. The fraction of sp³-hybridized carbons (Fsp3) is 0.611. The smallest absolute Gasteiger partial charge is 0.230 e. The molecule has 1 atom stereocenters. The van der Waals surface area contributed by atoms with Crippen molar-refractivity contribution in [2.75, 3.05) is 7.05 Å². The second-order valence-corrected chi connectivity index (χ2v) is 6.67. The second kappa shape index (κ2) is 7.03. The Morgan fingerprint density at radius 3 is 2.32 bits per heavy atom. The summed E-state index contributed by atoms with van der Waals surface area (Å²) in [6.45, 7) is 4.01. The molecule has 0 saturated heterocycles. The average Bonchev–Trinajstić information content (AvgIpc) is 2.51. The first-order valence-electron chi connectivity index (χ1n) is 8.20. The third kappa shape index (κ3) is 3.54. The SMILES string of the molecule is CC(C)N(C)C(=O)C(c1ccc(O)c(O)c1)C1CCCCC1. The van der Waals surface area contributed by atoms with Gasteiger partial charge in [0, 0.05) is 13.1 Å². The molecule has 4 nitrogen and oxygen atoms in total. The molecule has 1 aliphatic carbocycles. The molecule has 0 aliphatic heterocycles. The fourth-order valence-corrected chi connectivity index (χ4v) is 3.29. The van der Waals surface area contributed by atoms with Gasteiger partial charge in [-0.3, -0.25) is 4.79 Å². The molecule has 1 aliphatic rings. The minimum absolute atomic E-state index is 0.104. The summed E-state index contributed by atoms with van der Waals surface area (Å²) in [4.78, 5) is 14.7. The van der Waals surface area contributed by atoms with E-state index < -0.39 is 0 Å². The molecule has 1 unspecified atom stereocenters. The van der Waals surface area contributed by atoms with Crippen molar-refractivity contribution >= 4 is 5.91 Å². The first-order chi connectivity index (χ1) is 10.4. The molecule has 4 heteroatoms. The van der Waals surface area contributed by atoms with E-state index in [0.29, 0.717) is 5.92 Å². The standard InChI is InChI=1S/C18H27NO3/c1-12(2)19(3)18(22)17(13-7-5-4-6-8-13)14-9-10-15(20)16(21)11-14/h9-13,17,20-21H,4-8H2,1-3H3. The van der Waals surface area contributed by atoms with Gasteiger partial charge < -0.3 is 15.1 Å². The lowest BCUT2D eigenvalue weighted by Crippen LogP contribution is -2.39. The number of nitrogens with zero attached hydrogens (tertiary/aromatic N) is 1. The Kier molecular flexibility index (Phi) is 5.33. The van der Waals surface area contributed by atoms with E-state index in [0.717, 1.165) is 31.2 Å². The van der Waals surface area contributed by atoms with Crippen molar-refractivity contribution in [2.24, 2.45) is 5.92 Å². The third-order valence-electron chi connectivity index (χ3n) is 4.87. The number of rotatable bonds is 4. The zero-order chi connectivity index (χ0) is 16.3. The van der Waals surface area contributed by atoms with Crippen LogP contribution >= 0.6 is 0 Å². The van der Waals surface area contributed by atoms with E-state index in [1.807, 2.05) is 20.9 Å². The van der Waals surface area contributed by atoms with Gasteiger partial charge in [0.05, 0.1) is 5.92 Å². The van der Waals surface area contributed by atoms with E-state index in [4.69, 9.17) is 0 Å². The number of hydrogen-bond acceptors (Lipinski definition) is 3. The Morgan fingerprint density at radius 1 is 1.14 bits per heavy atom. The number of carbonyl (C=O) groups is 1. The minimum Gasteiger partial charge on any atom is -0.504 e. The van der Waals surface area contributed by atoms with Crippen LogP contribution in [0, 0.1) is 5.92 Å². The van der Waals surface area contributed by atoms with Gasteiger partial charge in [-0.25, -0.2) is 0 Å². The summed E-state index contributed by atoms with van der Waals surface area (Å²) in [5, 5.41) is 19.3. The molecule has 1 aromatic rings. The van der Waals surface area contributed by atoms with Crippen LogP contribution in [0.25, 0.3) is 0 Å². The lowest BCUT2D eigenvalue weighted by atomic mass is 9.76. The molecule has 2 rings (SSSR count). The average molecular weight is 305 g/mol. The predicted molar refractivity (Wildman–Crippen MR) is 87.0 cm³/mol. The Morgan fingerprint density at radius 2 is 1.77 bits per heavy atom. The van der Waals surface area contributed by atoms with Crippen LogP contribution in [0.1, 0.15) is 57.4 Å². The van der Waals surface area contributed by atoms with E-state index in [1.54, 1.807) is 17.0 Å². The number of benzene rings is 1. The Balaban J connectivity index is 2.35. The molecule has 1 amide bonds. The lowest BCUT2D eigenvalue weighted by molar-refractivity contribution is -0.134. The summed E-state index contributed by atoms with van der Waals surface area (Å²) in [6.07, 6.45) is 5.64. The summed E-state index contributed by atoms with van der Waals surface area (Å²) >= 11 is 0. The summed E-state index contributed by atoms with van der Waals surface area (Å²) in [5.41, 5.74) is 0.805. The highest BCUT2D eigenvalue weighted by Gasteiger charge is 2.33. The number of carbonyl (C=O) groups excluding carboxylic acids is 1. The van der Waals surface area contributed by atoms with Crippen LogP contribution in [0.4, 0.5) is 0 Å². The molecule has 2 N–H and O–H groups in total. The highest BCUT2D eigenvalue weighted by Crippen LogP contribution is 2.39. The Bertz CT molecular complexity index is 521. The van der Waals surface area contributed by atoms with Gasteiger partial charge in [-0.15, -0.1) is 0 Å². The molecule has 22 heavy (non-hydrogen) atoms. The van der Waals surface area contributed by atoms with Crippen molar-refractivity contribution in [3.63, 3.8) is 0 Å². The molecule has 0 heterocycles. The molecule has 122 valence electrons. The molecular weight excluding hydrogens is 278 g/mol. The zero-order valence-corrected chi connectivity index (χ0v) is 13.7. The van der Waals surface area contributed by atoms with Gasteiger partial charge >= 0.3 is 0 Å². The highest BCUT2D eigenvalue weighted by molar-refractivity contribution is 5.84. The minimum atomic E-state index is -0.237. The highest BCUT2D eigenvalue weighted by atomic mass is 16.3. The van der Waals surface area contributed by atoms with E-state index >= 15 is 0 Å². The zero-order valence-electron chi connectivity index (χ0n) is 13.7. The molecule has 0 spiro atoms. The van der Waals surface area contributed by atoms with Crippen molar-refractivity contribution in [1.82, 2.24) is 4.90 Å². The maximum atomic E-state index is 13.0. The van der Waals surface area contributed by atoms with Crippen LogP contribution in [0.2, 0.25) is 0 Å². The van der Waals surface area contributed by atoms with Crippen LogP contribution < -0.4 is 0 Å². The van der Waals surface area contributed by atoms with Crippen LogP contribution in [0.15, 0.2) is 18.2 Å². The monoisotopic (exact) mass is 305 g/mol. The number of aromatic hydroxyl groups is 2. The van der Waals surface area contributed by atoms with Gasteiger partial charge in [0.25, 0.3) is 0 Å². The van der Waals surface area contributed by atoms with Crippen LogP contribution in [-0.2, 0) is 4.79 Å². The molecular formula is C18H27NO3. The third-order valence-corrected chi connectivity index (χ3v) is 4.87. The van der Waals surface area contributed by atoms with E-state index in [2.05, 4.69) is 0 Å². The van der Waals surface area contributed by atoms with Crippen molar-refractivity contribution in [3.8, 4) is 11.5 Å². The predicted octanol–water partition coefficient (Wildman–Crippen LogP) is 3.63. The van der Waals surface area contributed by atoms with Gasteiger partial charge in [-0.2, -0.15) is 0 Å². The normalized spacial score (nSPS) is 17.5. The van der Waals surface area contributed by atoms with Gasteiger partial charge in [-0.05, 0) is 50.3 Å². The first kappa shape index (κ1) is 16.7. The van der Waals surface area contributed by atoms with E-state index in [-0.39, 0.29) is 29.4 Å². The fourth-order valence-electron chi connectivity index (χ4n) is 3.29. The van der Waals surface area contributed by atoms with Crippen molar-refractivity contribution in [2.45, 2.75) is 57.9 Å². The van der Waals surface area contributed by atoms with Crippen LogP contribution in [0.3, 0.4) is 0 Å². The number of likely N-dealkylation sites (N-methyl/N-ethyl adjacent to an activating group) is 1. The number of phenols is 2. The van der Waals surface area contributed by atoms with Gasteiger partial charge in [-0.1, -0.05) is 25.3 Å². The number of hydrogen-bond donors (Lipinski definition) is 2. The van der Waals surface area contributed by atoms with Gasteiger partial charge in [0.15, 0.2) is 11.5 Å².